The van der Waals surface area contributed by atoms with Crippen molar-refractivity contribution in [2.24, 2.45) is 0 Å². The quantitative estimate of drug-likeness (QED) is 0.198. The predicted molar refractivity (Wildman–Crippen MR) is 48.8 cm³/mol. The predicted octanol–water partition coefficient (Wildman–Crippen LogP) is -3.93. The van der Waals surface area contributed by atoms with Gasteiger partial charge in [-0.2, -0.15) is 0 Å². The number of hydrogen-bond acceptors (Lipinski definition) is 8. The summed E-state index contributed by atoms with van der Waals surface area (Å²) in [4.78, 5) is 21.0. The Hall–Kier alpha value is -1.54. The van der Waals surface area contributed by atoms with E-state index >= 15 is 0 Å². The first kappa shape index (κ1) is 13.9. The summed E-state index contributed by atoms with van der Waals surface area (Å²) in [5.74, 6) is -0.832. The Labute approximate surface area is 143 Å². The number of aromatic amines is 1. The minimum atomic E-state index is -0.890. The first-order chi connectivity index (χ1) is 8.52. The average Bonchev–Trinajstić information content (AvgIpc) is 2.84. The molecule has 0 spiro atoms. The number of benzene rings is 1. The summed E-state index contributed by atoms with van der Waals surface area (Å²) >= 11 is 0. The summed E-state index contributed by atoms with van der Waals surface area (Å²) in [6.45, 7) is 0. The van der Waals surface area contributed by atoms with Gasteiger partial charge in [0.15, 0.2) is 4.60 Å². The van der Waals surface area contributed by atoms with Crippen molar-refractivity contribution in [2.45, 2.75) is 0 Å². The number of nitrogens with zero attached hydrogens (tertiary/aromatic N) is 4. The molecule has 0 radical (unpaired) electrons. The molecule has 3 aromatic rings. The van der Waals surface area contributed by atoms with Crippen molar-refractivity contribution in [3.8, 4) is 5.75 Å². The van der Waals surface area contributed by atoms with Gasteiger partial charge in [-0.05, 0) is 9.81 Å². The summed E-state index contributed by atoms with van der Waals surface area (Å²) in [5, 5.41) is 37.0. The van der Waals surface area contributed by atoms with E-state index in [0.717, 1.165) is 0 Å². The molecule has 0 aliphatic heterocycles. The molecular formula is C6H2KN5O7+2. The number of nitro groups is 1. The molecule has 0 atom stereocenters. The zero-order valence-electron chi connectivity index (χ0n) is 9.19. The van der Waals surface area contributed by atoms with Crippen molar-refractivity contribution in [1.82, 2.24) is 10.3 Å². The largest absolute Gasteiger partial charge is 1.00 e. The van der Waals surface area contributed by atoms with Crippen LogP contribution in [0.4, 0.5) is 5.69 Å². The van der Waals surface area contributed by atoms with E-state index < -0.39 is 38.4 Å². The van der Waals surface area contributed by atoms with E-state index in [1.807, 2.05) is 5.16 Å². The minimum Gasteiger partial charge on any atom is -0.500 e. The number of phenolic OH excluding ortho intramolecular Hbond substituents is 1. The van der Waals surface area contributed by atoms with Gasteiger partial charge in [-0.1, -0.05) is 9.79 Å². The Morgan fingerprint density at radius 1 is 1.42 bits per heavy atom. The van der Waals surface area contributed by atoms with Gasteiger partial charge in [0.1, 0.15) is 0 Å². The molecule has 0 aliphatic rings. The van der Waals surface area contributed by atoms with E-state index in [9.17, 15) is 25.3 Å². The zero-order valence-corrected chi connectivity index (χ0v) is 12.3. The molecule has 0 bridgehead atoms. The molecule has 13 heteroatoms. The number of phenols is 1. The third-order valence-corrected chi connectivity index (χ3v) is 2.36. The summed E-state index contributed by atoms with van der Waals surface area (Å²) in [5.41, 5.74) is -2.85. The third-order valence-electron chi connectivity index (χ3n) is 2.36. The standard InChI is InChI=1S/C6HN5O7.K/c12-6-4-1(7-17-10(4)15)3(9(13)14)2-5(6)11(16)18-8-2;/h(H-,7,8,12,15);/q;+1/p+1. The van der Waals surface area contributed by atoms with E-state index in [0.29, 0.717) is 0 Å². The van der Waals surface area contributed by atoms with Gasteiger partial charge >= 0.3 is 73.6 Å². The number of aromatic hydroxyl groups is 1. The van der Waals surface area contributed by atoms with Gasteiger partial charge < -0.3 is 10.3 Å². The van der Waals surface area contributed by atoms with Crippen LogP contribution in [-0.4, -0.2) is 20.3 Å². The minimum absolute atomic E-state index is 0. The second kappa shape index (κ2) is 4.53. The van der Waals surface area contributed by atoms with Crippen molar-refractivity contribution in [1.29, 1.82) is 0 Å². The fourth-order valence-electron chi connectivity index (χ4n) is 1.65. The summed E-state index contributed by atoms with van der Waals surface area (Å²) in [6.07, 6.45) is 0. The normalized spacial score (nSPS) is 10.7. The summed E-state index contributed by atoms with van der Waals surface area (Å²) in [6, 6.07) is 0. The Morgan fingerprint density at radius 3 is 2.74 bits per heavy atom. The topological polar surface area (TPSA) is 168 Å². The molecule has 1 aromatic carbocycles. The van der Waals surface area contributed by atoms with Crippen LogP contribution in [0.25, 0.3) is 22.1 Å². The van der Waals surface area contributed by atoms with E-state index in [1.165, 1.54) is 0 Å². The van der Waals surface area contributed by atoms with Crippen LogP contribution in [0.5, 0.6) is 5.75 Å². The maximum absolute atomic E-state index is 11.2. The first-order valence-corrected chi connectivity index (χ1v) is 4.35. The fourth-order valence-corrected chi connectivity index (χ4v) is 1.65. The van der Waals surface area contributed by atoms with Crippen LogP contribution in [0.1, 0.15) is 0 Å². The number of H-pyrrole nitrogens is 1. The molecule has 0 unspecified atom stereocenters. The summed E-state index contributed by atoms with van der Waals surface area (Å²) in [7, 11) is 0. The maximum atomic E-state index is 11.2. The third kappa shape index (κ3) is 1.74. The number of aromatic nitrogens is 4. The number of non-ortho nitro benzene ring substituents is 1. The second-order valence-corrected chi connectivity index (χ2v) is 3.26. The monoisotopic (exact) mass is 295 g/mol. The summed E-state index contributed by atoms with van der Waals surface area (Å²) < 4.78 is 8.22. The fraction of sp³-hybridized carbons (Fsp3) is 0. The van der Waals surface area contributed by atoms with E-state index in [-0.39, 0.29) is 60.9 Å². The van der Waals surface area contributed by atoms with Gasteiger partial charge in [0.25, 0.3) is 5.52 Å². The van der Waals surface area contributed by atoms with Crippen molar-refractivity contribution >= 4 is 27.8 Å². The van der Waals surface area contributed by atoms with Crippen LogP contribution in [0.3, 0.4) is 0 Å². The molecule has 0 saturated heterocycles. The van der Waals surface area contributed by atoms with Crippen LogP contribution in [0, 0.1) is 20.2 Å². The molecule has 0 aliphatic carbocycles. The molecule has 19 heavy (non-hydrogen) atoms. The molecule has 12 nitrogen and oxygen atoms in total. The molecule has 0 saturated carbocycles. The SMILES string of the molecule is O=[N+]([O-])c1c2no[n+]([O-])c2c(O)c2c1[nH]o[n+]2=O.[K+]. The van der Waals surface area contributed by atoms with Crippen LogP contribution in [-0.2, 0) is 0 Å². The Kier molecular flexibility index (Phi) is 3.31. The van der Waals surface area contributed by atoms with Crippen molar-refractivity contribution in [3.63, 3.8) is 0 Å². The van der Waals surface area contributed by atoms with Crippen LogP contribution >= 0.6 is 0 Å². The molecular weight excluding hydrogens is 293 g/mol. The first-order valence-electron chi connectivity index (χ1n) is 4.35. The van der Waals surface area contributed by atoms with E-state index in [4.69, 9.17) is 0 Å². The Balaban J connectivity index is 0.00000133. The molecule has 2 heterocycles. The van der Waals surface area contributed by atoms with Gasteiger partial charge in [-0.15, -0.1) is 0 Å². The maximum Gasteiger partial charge on any atom is 1.00 e. The Morgan fingerprint density at radius 2 is 2.11 bits per heavy atom. The number of fused-ring (bicyclic) bond motifs is 2. The van der Waals surface area contributed by atoms with Crippen LogP contribution in [0.2, 0.25) is 0 Å². The van der Waals surface area contributed by atoms with Gasteiger partial charge in [0, 0.05) is 0 Å². The molecule has 2 N–H and O–H groups in total. The van der Waals surface area contributed by atoms with Gasteiger partial charge in [0.05, 0.1) is 10.1 Å². The van der Waals surface area contributed by atoms with Crippen molar-refractivity contribution < 1.29 is 80.2 Å². The van der Waals surface area contributed by atoms with E-state index in [2.05, 4.69) is 14.4 Å². The average molecular weight is 295 g/mol. The molecule has 2 aromatic heterocycles. The van der Waals surface area contributed by atoms with Crippen LogP contribution in [0.15, 0.2) is 9.26 Å². The number of nitro benzene ring substituents is 1. The second-order valence-electron chi connectivity index (χ2n) is 3.26. The number of hydrogen-bond donors (Lipinski definition) is 2. The number of nitrogens with one attached hydrogen (secondary N) is 1. The smallest absolute Gasteiger partial charge is 0.500 e. The zero-order chi connectivity index (χ0) is 13.0. The van der Waals surface area contributed by atoms with Crippen molar-refractivity contribution in [3.05, 3.63) is 20.2 Å². The van der Waals surface area contributed by atoms with Gasteiger partial charge in [-0.25, -0.2) is 0 Å². The molecule has 3 rings (SSSR count). The van der Waals surface area contributed by atoms with Crippen molar-refractivity contribution in [2.75, 3.05) is 0 Å². The molecule has 0 fully saturated rings. The van der Waals surface area contributed by atoms with Gasteiger partial charge in [-0.3, -0.25) is 14.7 Å². The molecule has 0 amide bonds. The van der Waals surface area contributed by atoms with Crippen LogP contribution < -0.4 is 60.9 Å². The Bertz CT molecular complexity index is 862. The van der Waals surface area contributed by atoms with E-state index in [1.54, 1.807) is 0 Å². The molecule has 92 valence electrons. The number of rotatable bonds is 1. The van der Waals surface area contributed by atoms with Gasteiger partial charge in [0.2, 0.25) is 5.75 Å².